The lowest BCUT2D eigenvalue weighted by molar-refractivity contribution is -0.138. The molecule has 152 valence electrons. The van der Waals surface area contributed by atoms with Crippen LogP contribution in [0.5, 0.6) is 0 Å². The summed E-state index contributed by atoms with van der Waals surface area (Å²) in [5.74, 6) is -2.29. The third kappa shape index (κ3) is 4.50. The summed E-state index contributed by atoms with van der Waals surface area (Å²) in [6.07, 6.45) is -7.82. The van der Waals surface area contributed by atoms with Crippen molar-refractivity contribution in [2.24, 2.45) is 0 Å². The average molecular weight is 419 g/mol. The first-order valence-electron chi connectivity index (χ1n) is 7.59. The van der Waals surface area contributed by atoms with E-state index in [2.05, 4.69) is 15.3 Å². The van der Waals surface area contributed by atoms with Crippen LogP contribution >= 0.6 is 0 Å². The quantitative estimate of drug-likeness (QED) is 0.650. The fourth-order valence-electron chi connectivity index (χ4n) is 2.15. The van der Waals surface area contributed by atoms with E-state index in [1.807, 2.05) is 5.32 Å². The van der Waals surface area contributed by atoms with E-state index in [1.165, 1.54) is 0 Å². The molecule has 3 aromatic rings. The van der Waals surface area contributed by atoms with Crippen molar-refractivity contribution in [2.45, 2.75) is 12.4 Å². The molecule has 1 N–H and O–H groups in total. The number of benzene rings is 1. The SMILES string of the molecule is O=C(Nc1cc(C(F)(F)F)ccc1F)c1cn(-c2ccc(C(F)(F)F)cn2)nn1. The number of anilines is 1. The number of aromatic nitrogens is 4. The number of pyridine rings is 1. The lowest BCUT2D eigenvalue weighted by atomic mass is 10.2. The minimum Gasteiger partial charge on any atom is -0.318 e. The second-order valence-corrected chi connectivity index (χ2v) is 5.60. The van der Waals surface area contributed by atoms with Gasteiger partial charge < -0.3 is 5.32 Å². The Morgan fingerprint density at radius 1 is 0.966 bits per heavy atom. The lowest BCUT2D eigenvalue weighted by Gasteiger charge is -2.10. The molecular formula is C16H8F7N5O. The fraction of sp³-hybridized carbons (Fsp3) is 0.125. The van der Waals surface area contributed by atoms with Gasteiger partial charge >= 0.3 is 12.4 Å². The molecule has 0 bridgehead atoms. The Morgan fingerprint density at radius 3 is 2.21 bits per heavy atom. The van der Waals surface area contributed by atoms with Gasteiger partial charge in [-0.2, -0.15) is 26.3 Å². The van der Waals surface area contributed by atoms with Gasteiger partial charge in [-0.25, -0.2) is 14.1 Å². The first-order chi connectivity index (χ1) is 13.4. The first-order valence-corrected chi connectivity index (χ1v) is 7.59. The summed E-state index contributed by atoms with van der Waals surface area (Å²) in [5.41, 5.74) is -3.33. The van der Waals surface area contributed by atoms with Crippen molar-refractivity contribution in [3.63, 3.8) is 0 Å². The van der Waals surface area contributed by atoms with Gasteiger partial charge in [0, 0.05) is 6.20 Å². The predicted molar refractivity (Wildman–Crippen MR) is 83.5 cm³/mol. The number of nitrogens with zero attached hydrogens (tertiary/aromatic N) is 4. The van der Waals surface area contributed by atoms with Crippen LogP contribution in [0.1, 0.15) is 21.6 Å². The molecule has 1 amide bonds. The van der Waals surface area contributed by atoms with Crippen LogP contribution in [-0.4, -0.2) is 25.9 Å². The Labute approximate surface area is 157 Å². The molecule has 0 fully saturated rings. The highest BCUT2D eigenvalue weighted by Crippen LogP contribution is 2.32. The van der Waals surface area contributed by atoms with Gasteiger partial charge in [0.1, 0.15) is 5.82 Å². The molecule has 2 heterocycles. The molecule has 0 unspecified atom stereocenters. The number of carbonyl (C=O) groups is 1. The molecule has 0 aliphatic heterocycles. The van der Waals surface area contributed by atoms with Gasteiger partial charge in [-0.3, -0.25) is 4.79 Å². The van der Waals surface area contributed by atoms with Crippen molar-refractivity contribution in [1.82, 2.24) is 20.0 Å². The van der Waals surface area contributed by atoms with Gasteiger partial charge in [0.2, 0.25) is 0 Å². The van der Waals surface area contributed by atoms with Gasteiger partial charge in [-0.15, -0.1) is 5.10 Å². The van der Waals surface area contributed by atoms with Crippen LogP contribution in [0, 0.1) is 5.82 Å². The van der Waals surface area contributed by atoms with Crippen molar-refractivity contribution >= 4 is 11.6 Å². The molecule has 0 saturated heterocycles. The summed E-state index contributed by atoms with van der Waals surface area (Å²) < 4.78 is 90.4. The van der Waals surface area contributed by atoms with E-state index < -0.39 is 46.6 Å². The molecule has 29 heavy (non-hydrogen) atoms. The zero-order valence-corrected chi connectivity index (χ0v) is 13.9. The maximum Gasteiger partial charge on any atom is 0.417 e. The Kier molecular flexibility index (Phi) is 4.98. The van der Waals surface area contributed by atoms with Crippen molar-refractivity contribution < 1.29 is 35.5 Å². The molecule has 0 atom stereocenters. The molecule has 1 aromatic carbocycles. The summed E-state index contributed by atoms with van der Waals surface area (Å²) in [6.45, 7) is 0. The van der Waals surface area contributed by atoms with Crippen molar-refractivity contribution in [2.75, 3.05) is 5.32 Å². The highest BCUT2D eigenvalue weighted by molar-refractivity contribution is 6.02. The third-order valence-electron chi connectivity index (χ3n) is 3.58. The van der Waals surface area contributed by atoms with Gasteiger partial charge in [-0.1, -0.05) is 5.21 Å². The number of halogens is 7. The van der Waals surface area contributed by atoms with E-state index >= 15 is 0 Å². The first kappa shape index (κ1) is 20.2. The second kappa shape index (κ2) is 7.14. The van der Waals surface area contributed by atoms with Gasteiger partial charge in [0.05, 0.1) is 23.0 Å². The molecule has 0 spiro atoms. The molecule has 0 saturated carbocycles. The number of amides is 1. The smallest absolute Gasteiger partial charge is 0.318 e. The molecular weight excluding hydrogens is 411 g/mol. The maximum absolute atomic E-state index is 13.7. The van der Waals surface area contributed by atoms with Gasteiger partial charge in [-0.05, 0) is 30.3 Å². The zero-order chi connectivity index (χ0) is 21.4. The number of alkyl halides is 6. The van der Waals surface area contributed by atoms with Crippen LogP contribution in [-0.2, 0) is 12.4 Å². The van der Waals surface area contributed by atoms with E-state index in [-0.39, 0.29) is 5.82 Å². The number of nitrogens with one attached hydrogen (secondary N) is 1. The van der Waals surface area contributed by atoms with E-state index in [4.69, 9.17) is 0 Å². The Bertz CT molecular complexity index is 1040. The minimum atomic E-state index is -4.75. The molecule has 2 aromatic heterocycles. The maximum atomic E-state index is 13.7. The largest absolute Gasteiger partial charge is 0.417 e. The van der Waals surface area contributed by atoms with Crippen molar-refractivity contribution in [3.8, 4) is 5.82 Å². The van der Waals surface area contributed by atoms with E-state index in [0.29, 0.717) is 24.4 Å². The summed E-state index contributed by atoms with van der Waals surface area (Å²) in [5, 5.41) is 8.90. The van der Waals surface area contributed by atoms with Crippen LogP contribution in [0.25, 0.3) is 5.82 Å². The monoisotopic (exact) mass is 419 g/mol. The highest BCUT2D eigenvalue weighted by atomic mass is 19.4. The molecule has 0 aliphatic rings. The summed E-state index contributed by atoms with van der Waals surface area (Å²) >= 11 is 0. The average Bonchev–Trinajstić information content (AvgIpc) is 3.12. The fourth-order valence-corrected chi connectivity index (χ4v) is 2.15. The minimum absolute atomic E-state index is 0.102. The third-order valence-corrected chi connectivity index (χ3v) is 3.58. The number of hydrogen-bond donors (Lipinski definition) is 1. The Morgan fingerprint density at radius 2 is 1.62 bits per heavy atom. The molecule has 13 heteroatoms. The molecule has 0 radical (unpaired) electrons. The van der Waals surface area contributed by atoms with Crippen molar-refractivity contribution in [1.29, 1.82) is 0 Å². The van der Waals surface area contributed by atoms with Crippen LogP contribution in [0.3, 0.4) is 0 Å². The normalized spacial score (nSPS) is 12.1. The number of hydrogen-bond acceptors (Lipinski definition) is 4. The van der Waals surface area contributed by atoms with Crippen LogP contribution in [0.4, 0.5) is 36.4 Å². The van der Waals surface area contributed by atoms with Crippen molar-refractivity contribution in [3.05, 3.63) is 65.4 Å². The predicted octanol–water partition coefficient (Wildman–Crippen LogP) is 4.09. The molecule has 6 nitrogen and oxygen atoms in total. The topological polar surface area (TPSA) is 72.7 Å². The van der Waals surface area contributed by atoms with Gasteiger partial charge in [0.15, 0.2) is 11.5 Å². The standard InChI is InChI=1S/C16H8F7N5O/c17-10-3-1-8(15(18,19)20)5-11(10)25-14(29)12-7-28(27-26-12)13-4-2-9(6-24-13)16(21,22)23/h1-7H,(H,25,29). The van der Waals surface area contributed by atoms with Crippen LogP contribution < -0.4 is 5.32 Å². The second-order valence-electron chi connectivity index (χ2n) is 5.60. The van der Waals surface area contributed by atoms with E-state index in [1.54, 1.807) is 0 Å². The van der Waals surface area contributed by atoms with Gasteiger partial charge in [0.25, 0.3) is 5.91 Å². The Balaban J connectivity index is 1.80. The molecule has 3 rings (SSSR count). The summed E-state index contributed by atoms with van der Waals surface area (Å²) in [4.78, 5) is 15.7. The molecule has 0 aliphatic carbocycles. The highest BCUT2D eigenvalue weighted by Gasteiger charge is 2.32. The summed E-state index contributed by atoms with van der Waals surface area (Å²) in [6, 6.07) is 3.18. The number of rotatable bonds is 3. The van der Waals surface area contributed by atoms with E-state index in [0.717, 1.165) is 23.0 Å². The van der Waals surface area contributed by atoms with Crippen LogP contribution in [0.15, 0.2) is 42.7 Å². The van der Waals surface area contributed by atoms with Crippen LogP contribution in [0.2, 0.25) is 0 Å². The number of carbonyl (C=O) groups excluding carboxylic acids is 1. The Hall–Kier alpha value is -3.51. The summed E-state index contributed by atoms with van der Waals surface area (Å²) in [7, 11) is 0. The zero-order valence-electron chi connectivity index (χ0n) is 13.9. The lowest BCUT2D eigenvalue weighted by Crippen LogP contribution is -2.15. The van der Waals surface area contributed by atoms with E-state index in [9.17, 15) is 35.5 Å².